The van der Waals surface area contributed by atoms with Gasteiger partial charge in [0.1, 0.15) is 6.79 Å². The maximum Gasteiger partial charge on any atom is 0.146 e. The van der Waals surface area contributed by atoms with Gasteiger partial charge in [-0.1, -0.05) is 51.0 Å². The van der Waals surface area contributed by atoms with E-state index in [1.54, 1.807) is 0 Å². The van der Waals surface area contributed by atoms with E-state index >= 15 is 0 Å². The Morgan fingerprint density at radius 2 is 1.39 bits per heavy atom. The molecule has 0 aliphatic heterocycles. The van der Waals surface area contributed by atoms with Crippen molar-refractivity contribution in [1.82, 2.24) is 0 Å². The van der Waals surface area contributed by atoms with Crippen molar-refractivity contribution in [3.05, 3.63) is 24.3 Å². The fourth-order valence-electron chi connectivity index (χ4n) is 1.46. The Kier molecular flexibility index (Phi) is 15.9. The number of allylic oxidation sites excluding steroid dienone is 4. The minimum Gasteiger partial charge on any atom is -0.355 e. The average Bonchev–Trinajstić information content (AvgIpc) is 2.39. The third-order valence-electron chi connectivity index (χ3n) is 2.53. The van der Waals surface area contributed by atoms with E-state index in [9.17, 15) is 0 Å². The Morgan fingerprint density at radius 1 is 0.722 bits per heavy atom. The molecule has 0 aromatic heterocycles. The molecular formula is C16H30O2. The Hall–Kier alpha value is -0.600. The summed E-state index contributed by atoms with van der Waals surface area (Å²) in [6.45, 7) is 6.38. The molecule has 2 nitrogen and oxygen atoms in total. The van der Waals surface area contributed by atoms with Crippen LogP contribution in [-0.2, 0) is 9.47 Å². The van der Waals surface area contributed by atoms with Crippen molar-refractivity contribution in [3.8, 4) is 0 Å². The molecule has 0 fully saturated rings. The second-order valence-corrected chi connectivity index (χ2v) is 4.43. The Bertz CT molecular complexity index is 197. The van der Waals surface area contributed by atoms with Gasteiger partial charge in [-0.25, -0.2) is 0 Å². The summed E-state index contributed by atoms with van der Waals surface area (Å²) in [6.07, 6.45) is 17.0. The van der Waals surface area contributed by atoms with Crippen LogP contribution in [-0.4, -0.2) is 20.0 Å². The molecule has 0 amide bonds. The molecule has 0 aromatic carbocycles. The summed E-state index contributed by atoms with van der Waals surface area (Å²) in [7, 11) is 0. The van der Waals surface area contributed by atoms with Crippen LogP contribution in [0, 0.1) is 0 Å². The van der Waals surface area contributed by atoms with E-state index in [0.29, 0.717) is 6.79 Å². The van der Waals surface area contributed by atoms with E-state index in [2.05, 4.69) is 38.2 Å². The number of hydrogen-bond donors (Lipinski definition) is 0. The first kappa shape index (κ1) is 17.4. The first-order valence-electron chi connectivity index (χ1n) is 7.39. The van der Waals surface area contributed by atoms with Crippen LogP contribution in [0.5, 0.6) is 0 Å². The molecule has 0 rings (SSSR count). The van der Waals surface area contributed by atoms with Crippen LogP contribution in [0.3, 0.4) is 0 Å². The van der Waals surface area contributed by atoms with Crippen molar-refractivity contribution in [2.75, 3.05) is 20.0 Å². The molecule has 0 saturated carbocycles. The molecule has 0 unspecified atom stereocenters. The summed E-state index contributed by atoms with van der Waals surface area (Å²) in [5, 5.41) is 0. The molecular weight excluding hydrogens is 224 g/mol. The normalized spacial score (nSPS) is 11.9. The molecule has 0 heterocycles. The molecule has 0 radical (unpaired) electrons. The fourth-order valence-corrected chi connectivity index (χ4v) is 1.46. The molecule has 106 valence electrons. The first-order valence-corrected chi connectivity index (χ1v) is 7.39. The van der Waals surface area contributed by atoms with Crippen LogP contribution < -0.4 is 0 Å². The van der Waals surface area contributed by atoms with Crippen LogP contribution >= 0.6 is 0 Å². The molecule has 2 heteroatoms. The van der Waals surface area contributed by atoms with Crippen LogP contribution in [0.15, 0.2) is 24.3 Å². The van der Waals surface area contributed by atoms with Gasteiger partial charge in [-0.15, -0.1) is 0 Å². The lowest BCUT2D eigenvalue weighted by atomic mass is 10.2. The third kappa shape index (κ3) is 15.4. The van der Waals surface area contributed by atoms with Crippen molar-refractivity contribution >= 4 is 0 Å². The maximum absolute atomic E-state index is 5.35. The first-order chi connectivity index (χ1) is 8.91. The Morgan fingerprint density at radius 3 is 2.06 bits per heavy atom. The van der Waals surface area contributed by atoms with E-state index in [-0.39, 0.29) is 0 Å². The van der Waals surface area contributed by atoms with Gasteiger partial charge in [0.15, 0.2) is 0 Å². The summed E-state index contributed by atoms with van der Waals surface area (Å²) in [5.74, 6) is 0. The topological polar surface area (TPSA) is 18.5 Å². The van der Waals surface area contributed by atoms with Crippen molar-refractivity contribution in [2.45, 2.75) is 58.8 Å². The largest absolute Gasteiger partial charge is 0.355 e. The zero-order valence-electron chi connectivity index (χ0n) is 12.2. The van der Waals surface area contributed by atoms with E-state index in [4.69, 9.17) is 9.47 Å². The summed E-state index contributed by atoms with van der Waals surface area (Å²) in [5.41, 5.74) is 0. The maximum atomic E-state index is 5.35. The van der Waals surface area contributed by atoms with Crippen LogP contribution in [0.4, 0.5) is 0 Å². The highest BCUT2D eigenvalue weighted by Crippen LogP contribution is 1.99. The lowest BCUT2D eigenvalue weighted by Gasteiger charge is -2.03. The molecule has 0 aliphatic carbocycles. The number of hydrogen-bond acceptors (Lipinski definition) is 2. The standard InChI is InChI=1S/C16H30O2/c1-3-5-6-7-8-9-10-11-12-13-15-18-16-17-14-4-2/h7-10H,3-6,11-16H2,1-2H3/b8-7-,10-9+. The summed E-state index contributed by atoms with van der Waals surface area (Å²) in [6, 6.07) is 0. The second-order valence-electron chi connectivity index (χ2n) is 4.43. The van der Waals surface area contributed by atoms with Gasteiger partial charge in [0.25, 0.3) is 0 Å². The van der Waals surface area contributed by atoms with Crippen molar-refractivity contribution < 1.29 is 9.47 Å². The van der Waals surface area contributed by atoms with Gasteiger partial charge in [-0.2, -0.15) is 0 Å². The highest BCUT2D eigenvalue weighted by Gasteiger charge is 1.88. The highest BCUT2D eigenvalue weighted by atomic mass is 16.7. The van der Waals surface area contributed by atoms with Gasteiger partial charge in [-0.05, 0) is 32.1 Å². The van der Waals surface area contributed by atoms with Crippen LogP contribution in [0.1, 0.15) is 58.8 Å². The average molecular weight is 254 g/mol. The van der Waals surface area contributed by atoms with Gasteiger partial charge in [0.05, 0.1) is 0 Å². The van der Waals surface area contributed by atoms with Crippen LogP contribution in [0.2, 0.25) is 0 Å². The minimum absolute atomic E-state index is 0.448. The number of rotatable bonds is 13. The van der Waals surface area contributed by atoms with Gasteiger partial charge in [0, 0.05) is 13.2 Å². The van der Waals surface area contributed by atoms with Crippen molar-refractivity contribution in [1.29, 1.82) is 0 Å². The number of ether oxygens (including phenoxy) is 2. The predicted octanol–water partition coefficient (Wildman–Crippen LogP) is 4.86. The molecule has 0 bridgehead atoms. The van der Waals surface area contributed by atoms with Gasteiger partial charge >= 0.3 is 0 Å². The molecule has 0 aliphatic rings. The van der Waals surface area contributed by atoms with E-state index in [0.717, 1.165) is 32.5 Å². The van der Waals surface area contributed by atoms with Crippen molar-refractivity contribution in [2.24, 2.45) is 0 Å². The lowest BCUT2D eigenvalue weighted by molar-refractivity contribution is -0.0542. The quantitative estimate of drug-likeness (QED) is 0.265. The van der Waals surface area contributed by atoms with Gasteiger partial charge in [0.2, 0.25) is 0 Å². The SMILES string of the molecule is CCCC/C=C\C=C\CCCCOCOCCC. The van der Waals surface area contributed by atoms with E-state index < -0.39 is 0 Å². The third-order valence-corrected chi connectivity index (χ3v) is 2.53. The smallest absolute Gasteiger partial charge is 0.146 e. The fraction of sp³-hybridized carbons (Fsp3) is 0.750. The van der Waals surface area contributed by atoms with E-state index in [1.807, 2.05) is 0 Å². The summed E-state index contributed by atoms with van der Waals surface area (Å²) < 4.78 is 10.6. The lowest BCUT2D eigenvalue weighted by Crippen LogP contribution is -2.01. The van der Waals surface area contributed by atoms with E-state index in [1.165, 1.54) is 25.7 Å². The predicted molar refractivity (Wildman–Crippen MR) is 78.7 cm³/mol. The monoisotopic (exact) mass is 254 g/mol. The van der Waals surface area contributed by atoms with Crippen LogP contribution in [0.25, 0.3) is 0 Å². The van der Waals surface area contributed by atoms with Crippen molar-refractivity contribution in [3.63, 3.8) is 0 Å². The van der Waals surface area contributed by atoms with Gasteiger partial charge in [-0.3, -0.25) is 0 Å². The molecule has 0 saturated heterocycles. The zero-order chi connectivity index (χ0) is 13.3. The zero-order valence-corrected chi connectivity index (χ0v) is 12.2. The second kappa shape index (κ2) is 16.4. The molecule has 0 atom stereocenters. The number of unbranched alkanes of at least 4 members (excludes halogenated alkanes) is 4. The summed E-state index contributed by atoms with van der Waals surface area (Å²) >= 11 is 0. The highest BCUT2D eigenvalue weighted by molar-refractivity contribution is 5.02. The molecule has 0 spiro atoms. The van der Waals surface area contributed by atoms with Gasteiger partial charge < -0.3 is 9.47 Å². The molecule has 0 N–H and O–H groups in total. The Balaban J connectivity index is 3.10. The summed E-state index contributed by atoms with van der Waals surface area (Å²) in [4.78, 5) is 0. The minimum atomic E-state index is 0.448. The Labute approximate surface area is 113 Å². The molecule has 18 heavy (non-hydrogen) atoms. The molecule has 0 aromatic rings.